The highest BCUT2D eigenvalue weighted by Gasteiger charge is 2.20. The van der Waals surface area contributed by atoms with Crippen molar-refractivity contribution < 1.29 is 9.18 Å². The Morgan fingerprint density at radius 3 is 2.42 bits per heavy atom. The highest BCUT2D eigenvalue weighted by molar-refractivity contribution is 5.92. The minimum absolute atomic E-state index is 0.0105. The Bertz CT molecular complexity index is 711. The van der Waals surface area contributed by atoms with Crippen molar-refractivity contribution in [1.82, 2.24) is 4.90 Å². The van der Waals surface area contributed by atoms with E-state index in [9.17, 15) is 9.18 Å². The standard InChI is InChI=1S/C19H22FN3O/c1-15-6-2-4-8-17(15)21-19(24)14-22-10-12-23(13-11-22)18-9-5-3-7-16(18)20/h2-9H,10-14H2,1H3,(H,21,24). The number of anilines is 2. The molecule has 3 rings (SSSR count). The Balaban J connectivity index is 1.51. The molecule has 1 N–H and O–H groups in total. The number of rotatable bonds is 4. The van der Waals surface area contributed by atoms with Gasteiger partial charge >= 0.3 is 0 Å². The quantitative estimate of drug-likeness (QED) is 0.938. The van der Waals surface area contributed by atoms with Crippen LogP contribution < -0.4 is 10.2 Å². The predicted molar refractivity (Wildman–Crippen MR) is 94.9 cm³/mol. The van der Waals surface area contributed by atoms with Gasteiger partial charge in [0, 0.05) is 31.9 Å². The lowest BCUT2D eigenvalue weighted by Crippen LogP contribution is -2.48. The molecule has 2 aromatic rings. The first-order chi connectivity index (χ1) is 11.6. The summed E-state index contributed by atoms with van der Waals surface area (Å²) in [5.41, 5.74) is 2.55. The van der Waals surface area contributed by atoms with Gasteiger partial charge in [0.25, 0.3) is 0 Å². The first-order valence-electron chi connectivity index (χ1n) is 8.21. The third kappa shape index (κ3) is 3.92. The molecule has 5 heteroatoms. The molecular formula is C19H22FN3O. The molecule has 126 valence electrons. The van der Waals surface area contributed by atoms with Crippen molar-refractivity contribution in [2.24, 2.45) is 0 Å². The van der Waals surface area contributed by atoms with Crippen molar-refractivity contribution in [3.8, 4) is 0 Å². The number of hydrogen-bond acceptors (Lipinski definition) is 3. The van der Waals surface area contributed by atoms with E-state index in [1.54, 1.807) is 12.1 Å². The Hall–Kier alpha value is -2.40. The number of carbonyl (C=O) groups excluding carboxylic acids is 1. The molecule has 1 aliphatic rings. The zero-order chi connectivity index (χ0) is 16.9. The zero-order valence-electron chi connectivity index (χ0n) is 13.8. The van der Waals surface area contributed by atoms with Gasteiger partial charge in [0.2, 0.25) is 5.91 Å². The molecular weight excluding hydrogens is 305 g/mol. The van der Waals surface area contributed by atoms with Crippen LogP contribution in [0, 0.1) is 12.7 Å². The molecule has 1 heterocycles. The first kappa shape index (κ1) is 16.5. The van der Waals surface area contributed by atoms with Gasteiger partial charge in [-0.3, -0.25) is 9.69 Å². The van der Waals surface area contributed by atoms with Gasteiger partial charge < -0.3 is 10.2 Å². The summed E-state index contributed by atoms with van der Waals surface area (Å²) in [7, 11) is 0. The fourth-order valence-corrected chi connectivity index (χ4v) is 2.96. The molecule has 0 aliphatic carbocycles. The lowest BCUT2D eigenvalue weighted by atomic mass is 10.2. The van der Waals surface area contributed by atoms with Crippen LogP contribution in [0.4, 0.5) is 15.8 Å². The molecule has 0 aromatic heterocycles. The molecule has 0 unspecified atom stereocenters. The highest BCUT2D eigenvalue weighted by Crippen LogP contribution is 2.20. The summed E-state index contributed by atoms with van der Waals surface area (Å²) in [6.45, 7) is 5.27. The number of para-hydroxylation sites is 2. The van der Waals surface area contributed by atoms with E-state index in [-0.39, 0.29) is 11.7 Å². The fraction of sp³-hybridized carbons (Fsp3) is 0.316. The average molecular weight is 327 g/mol. The summed E-state index contributed by atoms with van der Waals surface area (Å²) in [4.78, 5) is 16.3. The molecule has 0 saturated carbocycles. The Kier molecular flexibility index (Phi) is 5.11. The SMILES string of the molecule is Cc1ccccc1NC(=O)CN1CCN(c2ccccc2F)CC1. The minimum atomic E-state index is -0.191. The monoisotopic (exact) mass is 327 g/mol. The van der Waals surface area contributed by atoms with E-state index < -0.39 is 0 Å². The molecule has 0 radical (unpaired) electrons. The third-order valence-corrected chi connectivity index (χ3v) is 4.35. The van der Waals surface area contributed by atoms with Gasteiger partial charge in [-0.1, -0.05) is 30.3 Å². The largest absolute Gasteiger partial charge is 0.367 e. The maximum absolute atomic E-state index is 13.8. The number of nitrogens with zero attached hydrogens (tertiary/aromatic N) is 2. The highest BCUT2D eigenvalue weighted by atomic mass is 19.1. The van der Waals surface area contributed by atoms with Crippen molar-refractivity contribution in [1.29, 1.82) is 0 Å². The summed E-state index contributed by atoms with van der Waals surface area (Å²) in [6, 6.07) is 14.6. The van der Waals surface area contributed by atoms with Crippen LogP contribution in [-0.4, -0.2) is 43.5 Å². The van der Waals surface area contributed by atoms with E-state index >= 15 is 0 Å². The summed E-state index contributed by atoms with van der Waals surface area (Å²) >= 11 is 0. The van der Waals surface area contributed by atoms with E-state index in [0.29, 0.717) is 12.2 Å². The number of piperazine rings is 1. The summed E-state index contributed by atoms with van der Waals surface area (Å²) in [5.74, 6) is -0.202. The third-order valence-electron chi connectivity index (χ3n) is 4.35. The summed E-state index contributed by atoms with van der Waals surface area (Å²) in [5, 5.41) is 2.96. The number of amides is 1. The van der Waals surface area contributed by atoms with Crippen molar-refractivity contribution in [3.05, 3.63) is 59.9 Å². The molecule has 1 fully saturated rings. The van der Waals surface area contributed by atoms with Crippen LogP contribution in [0.15, 0.2) is 48.5 Å². The van der Waals surface area contributed by atoms with Gasteiger partial charge in [0.15, 0.2) is 0 Å². The molecule has 1 aliphatic heterocycles. The molecule has 0 atom stereocenters. The normalized spacial score (nSPS) is 15.3. The van der Waals surface area contributed by atoms with Crippen LogP contribution >= 0.6 is 0 Å². The van der Waals surface area contributed by atoms with Gasteiger partial charge in [0.1, 0.15) is 5.82 Å². The molecule has 0 bridgehead atoms. The first-order valence-corrected chi connectivity index (χ1v) is 8.21. The molecule has 1 amide bonds. The predicted octanol–water partition coefficient (Wildman–Crippen LogP) is 2.89. The van der Waals surface area contributed by atoms with E-state index in [2.05, 4.69) is 10.2 Å². The average Bonchev–Trinajstić information content (AvgIpc) is 2.58. The Morgan fingerprint density at radius 1 is 1.04 bits per heavy atom. The van der Waals surface area contributed by atoms with E-state index in [0.717, 1.165) is 37.4 Å². The number of hydrogen-bond donors (Lipinski definition) is 1. The fourth-order valence-electron chi connectivity index (χ4n) is 2.96. The molecule has 1 saturated heterocycles. The number of nitrogens with one attached hydrogen (secondary N) is 1. The smallest absolute Gasteiger partial charge is 0.238 e. The van der Waals surface area contributed by atoms with Crippen molar-refractivity contribution in [2.75, 3.05) is 42.9 Å². The van der Waals surface area contributed by atoms with E-state index in [1.807, 2.05) is 42.2 Å². The van der Waals surface area contributed by atoms with Crippen LogP contribution in [0.25, 0.3) is 0 Å². The molecule has 24 heavy (non-hydrogen) atoms. The Morgan fingerprint density at radius 2 is 1.71 bits per heavy atom. The van der Waals surface area contributed by atoms with Crippen LogP contribution in [-0.2, 0) is 4.79 Å². The molecule has 4 nitrogen and oxygen atoms in total. The van der Waals surface area contributed by atoms with Gasteiger partial charge in [-0.2, -0.15) is 0 Å². The Labute approximate surface area is 141 Å². The lowest BCUT2D eigenvalue weighted by Gasteiger charge is -2.35. The van der Waals surface area contributed by atoms with E-state index in [4.69, 9.17) is 0 Å². The van der Waals surface area contributed by atoms with Crippen molar-refractivity contribution in [3.63, 3.8) is 0 Å². The van der Waals surface area contributed by atoms with Crippen LogP contribution in [0.5, 0.6) is 0 Å². The maximum Gasteiger partial charge on any atom is 0.238 e. The second kappa shape index (κ2) is 7.45. The van der Waals surface area contributed by atoms with Crippen molar-refractivity contribution in [2.45, 2.75) is 6.92 Å². The van der Waals surface area contributed by atoms with E-state index in [1.165, 1.54) is 6.07 Å². The van der Waals surface area contributed by atoms with Gasteiger partial charge in [-0.05, 0) is 30.7 Å². The maximum atomic E-state index is 13.8. The van der Waals surface area contributed by atoms with Gasteiger partial charge in [-0.15, -0.1) is 0 Å². The topological polar surface area (TPSA) is 35.6 Å². The second-order valence-corrected chi connectivity index (χ2v) is 6.08. The summed E-state index contributed by atoms with van der Waals surface area (Å²) < 4.78 is 13.8. The second-order valence-electron chi connectivity index (χ2n) is 6.08. The molecule has 2 aromatic carbocycles. The number of carbonyl (C=O) groups is 1. The van der Waals surface area contributed by atoms with Crippen LogP contribution in [0.3, 0.4) is 0 Å². The van der Waals surface area contributed by atoms with Crippen molar-refractivity contribution >= 4 is 17.3 Å². The molecule has 0 spiro atoms. The lowest BCUT2D eigenvalue weighted by molar-refractivity contribution is -0.117. The minimum Gasteiger partial charge on any atom is -0.367 e. The summed E-state index contributed by atoms with van der Waals surface area (Å²) in [6.07, 6.45) is 0. The number of benzene rings is 2. The van der Waals surface area contributed by atoms with Gasteiger partial charge in [0.05, 0.1) is 12.2 Å². The zero-order valence-corrected chi connectivity index (χ0v) is 13.8. The van der Waals surface area contributed by atoms with Crippen LogP contribution in [0.2, 0.25) is 0 Å². The van der Waals surface area contributed by atoms with Crippen LogP contribution in [0.1, 0.15) is 5.56 Å². The number of aryl methyl sites for hydroxylation is 1. The van der Waals surface area contributed by atoms with Gasteiger partial charge in [-0.25, -0.2) is 4.39 Å². The number of halogens is 1.